The Kier molecular flexibility index (Phi) is 4.25. The van der Waals surface area contributed by atoms with Gasteiger partial charge < -0.3 is 10.4 Å². The van der Waals surface area contributed by atoms with Gasteiger partial charge in [-0.25, -0.2) is 0 Å². The molecule has 2 rings (SSSR count). The van der Waals surface area contributed by atoms with Crippen molar-refractivity contribution in [2.45, 2.75) is 58.5 Å². The Balaban J connectivity index is 2.11. The van der Waals surface area contributed by atoms with E-state index in [1.54, 1.807) is 0 Å². The number of aliphatic carboxylic acids is 1. The predicted octanol–water partition coefficient (Wildman–Crippen LogP) is 2.75. The van der Waals surface area contributed by atoms with Gasteiger partial charge in [-0.2, -0.15) is 0 Å². The molecule has 2 unspecified atom stereocenters. The van der Waals surface area contributed by atoms with E-state index in [0.717, 1.165) is 25.7 Å². The van der Waals surface area contributed by atoms with Crippen molar-refractivity contribution in [3.05, 3.63) is 34.4 Å². The normalized spacial score (nSPS) is 23.3. The summed E-state index contributed by atoms with van der Waals surface area (Å²) >= 11 is 0. The first kappa shape index (κ1) is 14.1. The quantitative estimate of drug-likeness (QED) is 0.879. The lowest BCUT2D eigenvalue weighted by atomic mass is 9.89. The number of nitrogens with one attached hydrogen (secondary N) is 1. The van der Waals surface area contributed by atoms with Crippen LogP contribution in [0.1, 0.15) is 41.5 Å². The maximum Gasteiger partial charge on any atom is 0.320 e. The topological polar surface area (TPSA) is 49.3 Å². The number of piperidine rings is 1. The summed E-state index contributed by atoms with van der Waals surface area (Å²) in [5.41, 5.74) is 5.29. The van der Waals surface area contributed by atoms with Crippen molar-refractivity contribution >= 4 is 5.97 Å². The Morgan fingerprint density at radius 3 is 2.47 bits per heavy atom. The molecule has 0 aromatic heterocycles. The van der Waals surface area contributed by atoms with Gasteiger partial charge in [0.2, 0.25) is 0 Å². The Morgan fingerprint density at radius 2 is 1.89 bits per heavy atom. The van der Waals surface area contributed by atoms with Crippen molar-refractivity contribution in [3.8, 4) is 0 Å². The van der Waals surface area contributed by atoms with Crippen LogP contribution in [0.3, 0.4) is 0 Å². The molecule has 1 saturated heterocycles. The summed E-state index contributed by atoms with van der Waals surface area (Å²) < 4.78 is 0. The predicted molar refractivity (Wildman–Crippen MR) is 76.6 cm³/mol. The van der Waals surface area contributed by atoms with Gasteiger partial charge in [-0.15, -0.1) is 0 Å². The monoisotopic (exact) mass is 261 g/mol. The summed E-state index contributed by atoms with van der Waals surface area (Å²) in [6, 6.07) is 4.33. The van der Waals surface area contributed by atoms with E-state index in [9.17, 15) is 4.79 Å². The highest BCUT2D eigenvalue weighted by atomic mass is 16.4. The third kappa shape index (κ3) is 3.35. The molecule has 19 heavy (non-hydrogen) atoms. The van der Waals surface area contributed by atoms with Gasteiger partial charge in [-0.05, 0) is 63.1 Å². The molecule has 3 nitrogen and oxygen atoms in total. The van der Waals surface area contributed by atoms with Gasteiger partial charge >= 0.3 is 5.97 Å². The number of carboxylic acid groups (broad SMARTS) is 1. The highest BCUT2D eigenvalue weighted by Crippen LogP contribution is 2.22. The molecule has 1 aliphatic rings. The molecule has 3 heteroatoms. The maximum absolute atomic E-state index is 11.1. The molecule has 0 bridgehead atoms. The fourth-order valence-electron chi connectivity index (χ4n) is 3.15. The van der Waals surface area contributed by atoms with Crippen LogP contribution in [0.2, 0.25) is 0 Å². The van der Waals surface area contributed by atoms with Crippen LogP contribution in [0, 0.1) is 20.8 Å². The van der Waals surface area contributed by atoms with Gasteiger partial charge in [0.05, 0.1) is 0 Å². The standard InChI is InChI=1S/C16H23NO2/c1-10-7-11(2)14(12(3)8-10)9-13-5-4-6-15(17-13)16(18)19/h7-8,13,15,17H,4-6,9H2,1-3H3,(H,18,19). The Morgan fingerprint density at radius 1 is 1.26 bits per heavy atom. The molecule has 0 aliphatic carbocycles. The van der Waals surface area contributed by atoms with Crippen LogP contribution in [0.5, 0.6) is 0 Å². The molecule has 0 saturated carbocycles. The van der Waals surface area contributed by atoms with Crippen molar-refractivity contribution in [2.75, 3.05) is 0 Å². The van der Waals surface area contributed by atoms with Gasteiger partial charge in [0, 0.05) is 6.04 Å². The van der Waals surface area contributed by atoms with Gasteiger partial charge in [-0.1, -0.05) is 17.7 Å². The number of rotatable bonds is 3. The number of carbonyl (C=O) groups is 1. The lowest BCUT2D eigenvalue weighted by Gasteiger charge is -2.29. The summed E-state index contributed by atoms with van der Waals surface area (Å²) in [4.78, 5) is 11.1. The molecule has 1 aromatic rings. The maximum atomic E-state index is 11.1. The van der Waals surface area contributed by atoms with Gasteiger partial charge in [0.15, 0.2) is 0 Å². The first-order chi connectivity index (χ1) is 8.97. The molecule has 1 heterocycles. The Labute approximate surface area is 115 Å². The van der Waals surface area contributed by atoms with E-state index in [4.69, 9.17) is 5.11 Å². The SMILES string of the molecule is Cc1cc(C)c(CC2CCCC(C(=O)O)N2)c(C)c1. The number of hydrogen-bond acceptors (Lipinski definition) is 2. The molecular formula is C16H23NO2. The average Bonchev–Trinajstić information content (AvgIpc) is 2.34. The van der Waals surface area contributed by atoms with Crippen LogP contribution in [-0.4, -0.2) is 23.2 Å². The molecule has 1 aromatic carbocycles. The summed E-state index contributed by atoms with van der Waals surface area (Å²) in [6.45, 7) is 6.41. The second-order valence-corrected chi connectivity index (χ2v) is 5.77. The fourth-order valence-corrected chi connectivity index (χ4v) is 3.15. The molecule has 0 spiro atoms. The van der Waals surface area contributed by atoms with Crippen molar-refractivity contribution < 1.29 is 9.90 Å². The van der Waals surface area contributed by atoms with E-state index in [0.29, 0.717) is 0 Å². The lowest BCUT2D eigenvalue weighted by molar-refractivity contribution is -0.140. The third-order valence-corrected chi connectivity index (χ3v) is 4.07. The fraction of sp³-hybridized carbons (Fsp3) is 0.562. The van der Waals surface area contributed by atoms with Gasteiger partial charge in [0.25, 0.3) is 0 Å². The molecule has 2 atom stereocenters. The minimum absolute atomic E-state index is 0.287. The van der Waals surface area contributed by atoms with Gasteiger partial charge in [-0.3, -0.25) is 4.79 Å². The largest absolute Gasteiger partial charge is 0.480 e. The summed E-state index contributed by atoms with van der Waals surface area (Å²) in [5.74, 6) is -0.720. The minimum atomic E-state index is -0.720. The second kappa shape index (κ2) is 5.74. The van der Waals surface area contributed by atoms with Crippen molar-refractivity contribution in [1.29, 1.82) is 0 Å². The van der Waals surface area contributed by atoms with Crippen LogP contribution in [0.4, 0.5) is 0 Å². The lowest BCUT2D eigenvalue weighted by Crippen LogP contribution is -2.47. The van der Waals surface area contributed by atoms with Crippen LogP contribution in [0.15, 0.2) is 12.1 Å². The molecule has 2 N–H and O–H groups in total. The van der Waals surface area contributed by atoms with Crippen molar-refractivity contribution in [1.82, 2.24) is 5.32 Å². The first-order valence-electron chi connectivity index (χ1n) is 7.03. The highest BCUT2D eigenvalue weighted by Gasteiger charge is 2.26. The summed E-state index contributed by atoms with van der Waals surface area (Å²) in [5, 5.41) is 12.4. The van der Waals surface area contributed by atoms with E-state index < -0.39 is 5.97 Å². The zero-order chi connectivity index (χ0) is 14.0. The van der Waals surface area contributed by atoms with Crippen LogP contribution in [0.25, 0.3) is 0 Å². The van der Waals surface area contributed by atoms with Crippen LogP contribution >= 0.6 is 0 Å². The van der Waals surface area contributed by atoms with Crippen molar-refractivity contribution in [2.24, 2.45) is 0 Å². The molecule has 1 fully saturated rings. The van der Waals surface area contributed by atoms with E-state index in [-0.39, 0.29) is 12.1 Å². The third-order valence-electron chi connectivity index (χ3n) is 4.07. The van der Waals surface area contributed by atoms with Gasteiger partial charge in [0.1, 0.15) is 6.04 Å². The second-order valence-electron chi connectivity index (χ2n) is 5.77. The first-order valence-corrected chi connectivity index (χ1v) is 7.03. The average molecular weight is 261 g/mol. The van der Waals surface area contributed by atoms with E-state index >= 15 is 0 Å². The Bertz CT molecular complexity index is 459. The Hall–Kier alpha value is -1.35. The van der Waals surface area contributed by atoms with E-state index in [1.165, 1.54) is 22.3 Å². The molecular weight excluding hydrogens is 238 g/mol. The van der Waals surface area contributed by atoms with Crippen LogP contribution < -0.4 is 5.32 Å². The zero-order valence-electron chi connectivity index (χ0n) is 12.0. The van der Waals surface area contributed by atoms with E-state index in [1.807, 2.05) is 0 Å². The number of carboxylic acids is 1. The molecule has 104 valence electrons. The number of hydrogen-bond donors (Lipinski definition) is 2. The smallest absolute Gasteiger partial charge is 0.320 e. The summed E-state index contributed by atoms with van der Waals surface area (Å²) in [7, 11) is 0. The highest BCUT2D eigenvalue weighted by molar-refractivity contribution is 5.73. The molecule has 0 amide bonds. The van der Waals surface area contributed by atoms with E-state index in [2.05, 4.69) is 38.2 Å². The molecule has 0 radical (unpaired) electrons. The zero-order valence-corrected chi connectivity index (χ0v) is 12.0. The van der Waals surface area contributed by atoms with Crippen LogP contribution in [-0.2, 0) is 11.2 Å². The summed E-state index contributed by atoms with van der Waals surface area (Å²) in [6.07, 6.45) is 3.74. The minimum Gasteiger partial charge on any atom is -0.480 e. The molecule has 1 aliphatic heterocycles. The number of aryl methyl sites for hydroxylation is 3. The van der Waals surface area contributed by atoms with Crippen molar-refractivity contribution in [3.63, 3.8) is 0 Å². The number of benzene rings is 1.